The van der Waals surface area contributed by atoms with E-state index in [0.29, 0.717) is 5.82 Å². The van der Waals surface area contributed by atoms with Crippen LogP contribution in [-0.2, 0) is 0 Å². The first-order chi connectivity index (χ1) is 9.52. The highest BCUT2D eigenvalue weighted by Crippen LogP contribution is 2.33. The Morgan fingerprint density at radius 1 is 1.45 bits per heavy atom. The predicted molar refractivity (Wildman–Crippen MR) is 82.3 cm³/mol. The summed E-state index contributed by atoms with van der Waals surface area (Å²) in [7, 11) is 0. The van der Waals surface area contributed by atoms with Crippen molar-refractivity contribution in [1.29, 1.82) is 0 Å². The van der Waals surface area contributed by atoms with E-state index < -0.39 is 6.17 Å². The van der Waals surface area contributed by atoms with Crippen molar-refractivity contribution in [3.8, 4) is 0 Å². The third-order valence-electron chi connectivity index (χ3n) is 3.01. The van der Waals surface area contributed by atoms with Gasteiger partial charge in [-0.15, -0.1) is 11.3 Å². The molecule has 1 N–H and O–H groups in total. The Hall–Kier alpha value is -1.20. The van der Waals surface area contributed by atoms with E-state index in [1.54, 1.807) is 11.3 Å². The lowest BCUT2D eigenvalue weighted by atomic mass is 10.1. The number of hydrogen-bond acceptors (Lipinski definition) is 4. The van der Waals surface area contributed by atoms with Crippen LogP contribution in [0.25, 0.3) is 0 Å². The number of hydrogen-bond donors (Lipinski definition) is 1. The number of aryl methyl sites for hydroxylation is 1. The quantitative estimate of drug-likeness (QED) is 0.835. The first-order valence-corrected chi connectivity index (χ1v) is 7.74. The van der Waals surface area contributed by atoms with E-state index in [1.165, 1.54) is 23.7 Å². The van der Waals surface area contributed by atoms with E-state index in [9.17, 15) is 4.39 Å². The van der Waals surface area contributed by atoms with Crippen LogP contribution in [0, 0.1) is 6.92 Å². The lowest BCUT2D eigenvalue weighted by Gasteiger charge is -2.18. The van der Waals surface area contributed by atoms with Crippen LogP contribution in [0.2, 0.25) is 5.02 Å². The summed E-state index contributed by atoms with van der Waals surface area (Å²) in [6.45, 7) is 5.56. The molecule has 0 amide bonds. The molecule has 0 spiro atoms. The molecule has 2 atom stereocenters. The summed E-state index contributed by atoms with van der Waals surface area (Å²) in [6.07, 6.45) is 1.02. The summed E-state index contributed by atoms with van der Waals surface area (Å²) >= 11 is 7.87. The molecule has 0 aliphatic heterocycles. The topological polar surface area (TPSA) is 37.8 Å². The molecule has 0 aliphatic rings. The zero-order chi connectivity index (χ0) is 14.7. The second-order valence-electron chi connectivity index (χ2n) is 4.67. The molecule has 0 saturated heterocycles. The Labute approximate surface area is 127 Å². The van der Waals surface area contributed by atoms with Crippen molar-refractivity contribution in [3.63, 3.8) is 0 Å². The number of anilines is 1. The molecular formula is C14H17ClFN3S. The standard InChI is InChI=1S/C14H17ClFN3S/c1-4-10(11-5-8(2)6-20-11)19-14-12(15)13(9(3)16)17-7-18-14/h5-7,9-10H,4H2,1-3H3,(H,17,18,19). The smallest absolute Gasteiger partial charge is 0.149 e. The van der Waals surface area contributed by atoms with Gasteiger partial charge in [-0.2, -0.15) is 0 Å². The van der Waals surface area contributed by atoms with Crippen LogP contribution in [0.4, 0.5) is 10.2 Å². The van der Waals surface area contributed by atoms with Gasteiger partial charge < -0.3 is 5.32 Å². The number of nitrogens with one attached hydrogen (secondary N) is 1. The monoisotopic (exact) mass is 313 g/mol. The minimum absolute atomic E-state index is 0.115. The summed E-state index contributed by atoms with van der Waals surface area (Å²) in [5, 5.41) is 5.65. The summed E-state index contributed by atoms with van der Waals surface area (Å²) in [4.78, 5) is 9.24. The number of rotatable bonds is 5. The predicted octanol–water partition coefficient (Wildman–Crippen LogP) is 5.09. The average Bonchev–Trinajstić information content (AvgIpc) is 2.83. The van der Waals surface area contributed by atoms with E-state index >= 15 is 0 Å². The van der Waals surface area contributed by atoms with Crippen molar-refractivity contribution in [2.75, 3.05) is 5.32 Å². The van der Waals surface area contributed by atoms with Gasteiger partial charge in [0.05, 0.1) is 11.7 Å². The second kappa shape index (κ2) is 6.50. The molecule has 20 heavy (non-hydrogen) atoms. The highest BCUT2D eigenvalue weighted by Gasteiger charge is 2.18. The van der Waals surface area contributed by atoms with Crippen LogP contribution in [0.1, 0.15) is 48.6 Å². The minimum atomic E-state index is -1.21. The van der Waals surface area contributed by atoms with Gasteiger partial charge in [-0.25, -0.2) is 14.4 Å². The fourth-order valence-corrected chi connectivity index (χ4v) is 3.27. The zero-order valence-corrected chi connectivity index (χ0v) is 13.2. The summed E-state index contributed by atoms with van der Waals surface area (Å²) in [5.74, 6) is 0.485. The molecule has 0 bridgehead atoms. The van der Waals surface area contributed by atoms with Crippen molar-refractivity contribution < 1.29 is 4.39 Å². The van der Waals surface area contributed by atoms with Crippen molar-refractivity contribution in [2.45, 2.75) is 39.4 Å². The van der Waals surface area contributed by atoms with Gasteiger partial charge in [0.1, 0.15) is 23.3 Å². The maximum absolute atomic E-state index is 13.4. The van der Waals surface area contributed by atoms with E-state index in [4.69, 9.17) is 11.6 Å². The molecule has 2 rings (SSSR count). The van der Waals surface area contributed by atoms with E-state index in [2.05, 4.69) is 40.6 Å². The number of halogens is 2. The lowest BCUT2D eigenvalue weighted by molar-refractivity contribution is 0.365. The molecular weight excluding hydrogens is 297 g/mol. The molecule has 0 radical (unpaired) electrons. The van der Waals surface area contributed by atoms with Gasteiger partial charge in [-0.1, -0.05) is 18.5 Å². The number of alkyl halides is 1. The van der Waals surface area contributed by atoms with Gasteiger partial charge in [-0.05, 0) is 37.3 Å². The number of nitrogens with zero attached hydrogens (tertiary/aromatic N) is 2. The van der Waals surface area contributed by atoms with Crippen molar-refractivity contribution in [1.82, 2.24) is 9.97 Å². The molecule has 2 aromatic heterocycles. The van der Waals surface area contributed by atoms with Crippen LogP contribution < -0.4 is 5.32 Å². The van der Waals surface area contributed by atoms with Gasteiger partial charge in [0.15, 0.2) is 0 Å². The van der Waals surface area contributed by atoms with Crippen LogP contribution in [0.5, 0.6) is 0 Å². The Bertz CT molecular complexity index is 586. The van der Waals surface area contributed by atoms with E-state index in [-0.39, 0.29) is 16.8 Å². The van der Waals surface area contributed by atoms with Crippen LogP contribution in [0.3, 0.4) is 0 Å². The van der Waals surface area contributed by atoms with Crippen molar-refractivity contribution in [3.05, 3.63) is 38.9 Å². The van der Waals surface area contributed by atoms with Crippen LogP contribution in [-0.4, -0.2) is 9.97 Å². The molecule has 2 unspecified atom stereocenters. The SMILES string of the molecule is CCC(Nc1ncnc(C(C)F)c1Cl)c1cc(C)cs1. The second-order valence-corrected chi connectivity index (χ2v) is 5.99. The highest BCUT2D eigenvalue weighted by molar-refractivity contribution is 7.10. The first-order valence-electron chi connectivity index (χ1n) is 6.49. The molecule has 108 valence electrons. The number of aromatic nitrogens is 2. The Morgan fingerprint density at radius 3 is 2.75 bits per heavy atom. The maximum Gasteiger partial charge on any atom is 0.149 e. The highest BCUT2D eigenvalue weighted by atomic mass is 35.5. The summed E-state index contributed by atoms with van der Waals surface area (Å²) in [6, 6.07) is 2.25. The van der Waals surface area contributed by atoms with Gasteiger partial charge in [0, 0.05) is 4.88 Å². The number of thiophene rings is 1. The summed E-state index contributed by atoms with van der Waals surface area (Å²) in [5.41, 5.74) is 1.46. The van der Waals surface area contributed by atoms with Crippen molar-refractivity contribution >= 4 is 28.8 Å². The molecule has 2 aromatic rings. The molecule has 0 fully saturated rings. The molecule has 0 aliphatic carbocycles. The molecule has 0 aromatic carbocycles. The molecule has 0 saturated carbocycles. The first kappa shape index (κ1) is 15.2. The third kappa shape index (κ3) is 3.27. The Balaban J connectivity index is 2.26. The Morgan fingerprint density at radius 2 is 2.20 bits per heavy atom. The van der Waals surface area contributed by atoms with Gasteiger partial charge in [0.2, 0.25) is 0 Å². The Kier molecular flexibility index (Phi) is 4.94. The summed E-state index contributed by atoms with van der Waals surface area (Å²) < 4.78 is 13.4. The van der Waals surface area contributed by atoms with E-state index in [1.807, 2.05) is 0 Å². The molecule has 2 heterocycles. The normalized spacial score (nSPS) is 14.1. The van der Waals surface area contributed by atoms with E-state index in [0.717, 1.165) is 6.42 Å². The largest absolute Gasteiger partial charge is 0.361 e. The fraction of sp³-hybridized carbons (Fsp3) is 0.429. The van der Waals surface area contributed by atoms with Crippen molar-refractivity contribution in [2.24, 2.45) is 0 Å². The zero-order valence-electron chi connectivity index (χ0n) is 11.7. The molecule has 6 heteroatoms. The third-order valence-corrected chi connectivity index (χ3v) is 4.54. The minimum Gasteiger partial charge on any atom is -0.361 e. The maximum atomic E-state index is 13.4. The van der Waals surface area contributed by atoms with Gasteiger partial charge in [-0.3, -0.25) is 0 Å². The van der Waals surface area contributed by atoms with Crippen LogP contribution in [0.15, 0.2) is 17.8 Å². The van der Waals surface area contributed by atoms with Gasteiger partial charge >= 0.3 is 0 Å². The molecule has 3 nitrogen and oxygen atoms in total. The van der Waals surface area contributed by atoms with Gasteiger partial charge in [0.25, 0.3) is 0 Å². The average molecular weight is 314 g/mol. The lowest BCUT2D eigenvalue weighted by Crippen LogP contribution is -2.11. The van der Waals surface area contributed by atoms with Crippen LogP contribution >= 0.6 is 22.9 Å². The fourth-order valence-electron chi connectivity index (χ4n) is 1.94.